The van der Waals surface area contributed by atoms with Gasteiger partial charge in [-0.2, -0.15) is 0 Å². The van der Waals surface area contributed by atoms with E-state index in [9.17, 15) is 13.2 Å². The molecule has 2 aromatic carbocycles. The van der Waals surface area contributed by atoms with E-state index in [4.69, 9.17) is 4.74 Å². The lowest BCUT2D eigenvalue weighted by atomic mass is 10.1. The van der Waals surface area contributed by atoms with Crippen LogP contribution in [0.15, 0.2) is 71.8 Å². The summed E-state index contributed by atoms with van der Waals surface area (Å²) >= 11 is 0. The highest BCUT2D eigenvalue weighted by Gasteiger charge is 2.38. The zero-order chi connectivity index (χ0) is 18.0. The van der Waals surface area contributed by atoms with Crippen molar-refractivity contribution in [3.05, 3.63) is 78.0 Å². The third-order valence-electron chi connectivity index (χ3n) is 3.92. The summed E-state index contributed by atoms with van der Waals surface area (Å²) in [6.45, 7) is 3.62. The van der Waals surface area contributed by atoms with Gasteiger partial charge < -0.3 is 4.74 Å². The molecule has 0 N–H and O–H groups in total. The molecule has 0 saturated heterocycles. The Morgan fingerprint density at radius 3 is 2.44 bits per heavy atom. The number of allylic oxidation sites excluding steroid dienone is 1. The summed E-state index contributed by atoms with van der Waals surface area (Å²) in [7, 11) is -2.25. The first-order valence-corrected chi connectivity index (χ1v) is 9.06. The second-order valence-electron chi connectivity index (χ2n) is 5.45. The molecule has 3 rings (SSSR count). The average molecular weight is 355 g/mol. The van der Waals surface area contributed by atoms with E-state index in [1.165, 1.54) is 18.2 Å². The standard InChI is InChI=1S/C19H17NO4S/c1-3-12-20-17(13-14-8-10-15(24-2)11-9-14)19(21)16-6-4-5-7-18(16)25(20,22)23/h3-11,13H,1,12H2,2H3. The van der Waals surface area contributed by atoms with Gasteiger partial charge in [0.05, 0.1) is 18.6 Å². The molecular weight excluding hydrogens is 338 g/mol. The van der Waals surface area contributed by atoms with Gasteiger partial charge in [0.25, 0.3) is 10.0 Å². The number of carbonyl (C=O) groups is 1. The van der Waals surface area contributed by atoms with Crippen molar-refractivity contribution in [2.24, 2.45) is 0 Å². The molecule has 128 valence electrons. The van der Waals surface area contributed by atoms with Gasteiger partial charge in [-0.15, -0.1) is 6.58 Å². The molecule has 0 aromatic heterocycles. The number of Topliss-reactive ketones (excluding diaryl/α,β-unsaturated/α-hetero) is 1. The third-order valence-corrected chi connectivity index (χ3v) is 5.75. The highest BCUT2D eigenvalue weighted by atomic mass is 32.2. The van der Waals surface area contributed by atoms with E-state index in [2.05, 4.69) is 6.58 Å². The Balaban J connectivity index is 2.17. The van der Waals surface area contributed by atoms with Crippen molar-refractivity contribution in [2.75, 3.05) is 13.7 Å². The van der Waals surface area contributed by atoms with Crippen LogP contribution in [0.3, 0.4) is 0 Å². The molecule has 0 atom stereocenters. The summed E-state index contributed by atoms with van der Waals surface area (Å²) in [6, 6.07) is 13.3. The Labute approximate surface area is 146 Å². The Morgan fingerprint density at radius 1 is 1.12 bits per heavy atom. The molecule has 0 bridgehead atoms. The van der Waals surface area contributed by atoms with E-state index < -0.39 is 10.0 Å². The summed E-state index contributed by atoms with van der Waals surface area (Å²) in [5.74, 6) is 0.348. The Hall–Kier alpha value is -2.86. The summed E-state index contributed by atoms with van der Waals surface area (Å²) in [5.41, 5.74) is 0.985. The van der Waals surface area contributed by atoms with Crippen LogP contribution in [0.5, 0.6) is 5.75 Å². The van der Waals surface area contributed by atoms with Crippen LogP contribution < -0.4 is 4.74 Å². The third kappa shape index (κ3) is 2.96. The minimum absolute atomic E-state index is 0.0182. The fourth-order valence-electron chi connectivity index (χ4n) is 2.69. The largest absolute Gasteiger partial charge is 0.497 e. The Morgan fingerprint density at radius 2 is 1.80 bits per heavy atom. The average Bonchev–Trinajstić information content (AvgIpc) is 2.63. The fourth-order valence-corrected chi connectivity index (χ4v) is 4.31. The molecule has 25 heavy (non-hydrogen) atoms. The Bertz CT molecular complexity index is 959. The van der Waals surface area contributed by atoms with Crippen molar-refractivity contribution in [2.45, 2.75) is 4.90 Å². The molecule has 6 heteroatoms. The number of nitrogens with zero attached hydrogens (tertiary/aromatic N) is 1. The predicted octanol–water partition coefficient (Wildman–Crippen LogP) is 3.11. The van der Waals surface area contributed by atoms with Crippen molar-refractivity contribution in [3.8, 4) is 5.75 Å². The molecule has 1 heterocycles. The molecule has 0 saturated carbocycles. The molecule has 2 aromatic rings. The lowest BCUT2D eigenvalue weighted by molar-refractivity contribution is 0.100. The number of ether oxygens (including phenoxy) is 1. The second kappa shape index (κ2) is 6.57. The summed E-state index contributed by atoms with van der Waals surface area (Å²) in [6.07, 6.45) is 3.03. The maximum Gasteiger partial charge on any atom is 0.265 e. The van der Waals surface area contributed by atoms with Gasteiger partial charge in [0.15, 0.2) is 0 Å². The maximum atomic E-state index is 12.9. The minimum Gasteiger partial charge on any atom is -0.497 e. The van der Waals surface area contributed by atoms with Crippen LogP contribution in [-0.4, -0.2) is 32.2 Å². The number of carbonyl (C=O) groups excluding carboxylic acids is 1. The normalized spacial score (nSPS) is 17.2. The first kappa shape index (κ1) is 17.0. The molecule has 0 unspecified atom stereocenters. The number of methoxy groups -OCH3 is 1. The van der Waals surface area contributed by atoms with Gasteiger partial charge in [0, 0.05) is 5.56 Å². The van der Waals surface area contributed by atoms with Gasteiger partial charge in [0.1, 0.15) is 11.4 Å². The molecular formula is C19H17NO4S. The fraction of sp³-hybridized carbons (Fsp3) is 0.105. The monoisotopic (exact) mass is 355 g/mol. The van der Waals surface area contributed by atoms with E-state index in [-0.39, 0.29) is 28.5 Å². The van der Waals surface area contributed by atoms with Crippen LogP contribution in [0.1, 0.15) is 15.9 Å². The molecule has 0 spiro atoms. The second-order valence-corrected chi connectivity index (χ2v) is 7.28. The molecule has 0 fully saturated rings. The van der Waals surface area contributed by atoms with Crippen LogP contribution >= 0.6 is 0 Å². The molecule has 0 aliphatic carbocycles. The smallest absolute Gasteiger partial charge is 0.265 e. The van der Waals surface area contributed by atoms with Gasteiger partial charge in [0.2, 0.25) is 5.78 Å². The lowest BCUT2D eigenvalue weighted by Gasteiger charge is -2.30. The summed E-state index contributed by atoms with van der Waals surface area (Å²) in [4.78, 5) is 12.9. The van der Waals surface area contributed by atoms with Gasteiger partial charge in [-0.25, -0.2) is 8.42 Å². The minimum atomic E-state index is -3.81. The van der Waals surface area contributed by atoms with Crippen LogP contribution in [0, 0.1) is 0 Å². The summed E-state index contributed by atoms with van der Waals surface area (Å²) < 4.78 is 32.0. The number of hydrogen-bond donors (Lipinski definition) is 0. The van der Waals surface area contributed by atoms with E-state index in [0.717, 1.165) is 4.31 Å². The van der Waals surface area contributed by atoms with Crippen LogP contribution in [0.2, 0.25) is 0 Å². The van der Waals surface area contributed by atoms with Crippen molar-refractivity contribution < 1.29 is 17.9 Å². The van der Waals surface area contributed by atoms with Crippen LogP contribution in [0.4, 0.5) is 0 Å². The number of ketones is 1. The van der Waals surface area contributed by atoms with Crippen molar-refractivity contribution in [3.63, 3.8) is 0 Å². The summed E-state index contributed by atoms with van der Waals surface area (Å²) in [5, 5.41) is 0. The maximum absolute atomic E-state index is 12.9. The molecule has 1 aliphatic rings. The molecule has 1 aliphatic heterocycles. The van der Waals surface area contributed by atoms with E-state index in [1.54, 1.807) is 49.6 Å². The molecule has 0 amide bonds. The van der Waals surface area contributed by atoms with Crippen molar-refractivity contribution in [1.29, 1.82) is 0 Å². The van der Waals surface area contributed by atoms with Gasteiger partial charge in [-0.1, -0.05) is 30.3 Å². The number of fused-ring (bicyclic) bond motifs is 1. The van der Waals surface area contributed by atoms with Crippen LogP contribution in [-0.2, 0) is 10.0 Å². The quantitative estimate of drug-likeness (QED) is 0.624. The van der Waals surface area contributed by atoms with E-state index in [0.29, 0.717) is 11.3 Å². The Kier molecular flexibility index (Phi) is 4.46. The zero-order valence-corrected chi connectivity index (χ0v) is 14.5. The van der Waals surface area contributed by atoms with Gasteiger partial charge in [-0.3, -0.25) is 9.10 Å². The first-order chi connectivity index (χ1) is 12.0. The zero-order valence-electron chi connectivity index (χ0n) is 13.7. The number of sulfonamides is 1. The lowest BCUT2D eigenvalue weighted by Crippen LogP contribution is -2.39. The molecule has 5 nitrogen and oxygen atoms in total. The van der Waals surface area contributed by atoms with Crippen molar-refractivity contribution in [1.82, 2.24) is 4.31 Å². The number of rotatable bonds is 4. The topological polar surface area (TPSA) is 63.7 Å². The number of hydrogen-bond acceptors (Lipinski definition) is 4. The first-order valence-electron chi connectivity index (χ1n) is 7.62. The SMILES string of the molecule is C=CCN1C(=Cc2ccc(OC)cc2)C(=O)c2ccccc2S1(=O)=O. The van der Waals surface area contributed by atoms with Crippen LogP contribution in [0.25, 0.3) is 6.08 Å². The molecule has 0 radical (unpaired) electrons. The van der Waals surface area contributed by atoms with Crippen molar-refractivity contribution >= 4 is 21.9 Å². The van der Waals surface area contributed by atoms with Gasteiger partial charge >= 0.3 is 0 Å². The number of benzene rings is 2. The highest BCUT2D eigenvalue weighted by Crippen LogP contribution is 2.33. The highest BCUT2D eigenvalue weighted by molar-refractivity contribution is 7.89. The predicted molar refractivity (Wildman–Crippen MR) is 95.8 cm³/mol. The van der Waals surface area contributed by atoms with Gasteiger partial charge in [-0.05, 0) is 35.9 Å². The van der Waals surface area contributed by atoms with E-state index >= 15 is 0 Å². The van der Waals surface area contributed by atoms with E-state index in [1.807, 2.05) is 0 Å².